The zero-order chi connectivity index (χ0) is 27.1. The van der Waals surface area contributed by atoms with Gasteiger partial charge in [0.25, 0.3) is 0 Å². The second-order valence-corrected chi connectivity index (χ2v) is 10.1. The molecule has 10 heteroatoms. The van der Waals surface area contributed by atoms with Crippen LogP contribution in [-0.2, 0) is 11.8 Å². The molecule has 38 heavy (non-hydrogen) atoms. The molecule has 7 rings (SSSR count). The highest BCUT2D eigenvalue weighted by atomic mass is 19.1. The molecule has 0 spiro atoms. The van der Waals surface area contributed by atoms with E-state index in [4.69, 9.17) is 10.8 Å². The summed E-state index contributed by atoms with van der Waals surface area (Å²) in [5.41, 5.74) is 6.46. The van der Waals surface area contributed by atoms with Gasteiger partial charge in [-0.25, -0.2) is 18.2 Å². The Balaban J connectivity index is 0.000000222. The van der Waals surface area contributed by atoms with E-state index in [2.05, 4.69) is 9.97 Å². The summed E-state index contributed by atoms with van der Waals surface area (Å²) in [6.45, 7) is 0. The molecule has 3 heterocycles. The number of nitrogens with zero attached hydrogens (tertiary/aromatic N) is 3. The first-order valence-electron chi connectivity index (χ1n) is 12.4. The van der Waals surface area contributed by atoms with Crippen molar-refractivity contribution in [1.29, 1.82) is 5.26 Å². The van der Waals surface area contributed by atoms with Gasteiger partial charge in [-0.15, -0.1) is 0 Å². The minimum absolute atomic E-state index is 0.00231. The minimum atomic E-state index is -0.821. The van der Waals surface area contributed by atoms with Crippen LogP contribution < -0.4 is 5.73 Å². The lowest BCUT2D eigenvalue weighted by Gasteiger charge is -2.40. The molecule has 0 radical (unpaired) electrons. The molecule has 1 atom stereocenters. The number of aliphatic carboxylic acids is 1. The Kier molecular flexibility index (Phi) is 6.61. The summed E-state index contributed by atoms with van der Waals surface area (Å²) in [6.07, 6.45) is 10.6. The number of carbonyl (C=O) groups is 1. The van der Waals surface area contributed by atoms with Gasteiger partial charge in [-0.1, -0.05) is 12.8 Å². The van der Waals surface area contributed by atoms with Gasteiger partial charge in [0.05, 0.1) is 22.7 Å². The molecule has 1 unspecified atom stereocenters. The maximum atomic E-state index is 14.7. The number of carboxylic acids is 1. The average molecular weight is 522 g/mol. The van der Waals surface area contributed by atoms with E-state index in [-0.39, 0.29) is 39.2 Å². The van der Waals surface area contributed by atoms with Crippen molar-refractivity contribution >= 4 is 22.7 Å². The molecule has 1 aromatic carbocycles. The van der Waals surface area contributed by atoms with Crippen molar-refractivity contribution in [3.63, 3.8) is 0 Å². The number of fused-ring (bicyclic) bond motifs is 4. The van der Waals surface area contributed by atoms with E-state index in [1.807, 2.05) is 6.07 Å². The van der Waals surface area contributed by atoms with Gasteiger partial charge in [0, 0.05) is 53.8 Å². The number of aryl methyl sites for hydroxylation is 1. The van der Waals surface area contributed by atoms with Crippen molar-refractivity contribution in [2.45, 2.75) is 32.1 Å². The van der Waals surface area contributed by atoms with Crippen LogP contribution in [0.4, 0.5) is 19.0 Å². The first-order valence-corrected chi connectivity index (χ1v) is 12.4. The van der Waals surface area contributed by atoms with Crippen molar-refractivity contribution < 1.29 is 23.1 Å². The van der Waals surface area contributed by atoms with Crippen LogP contribution in [-0.4, -0.2) is 25.6 Å². The van der Waals surface area contributed by atoms with Crippen molar-refractivity contribution in [2.75, 3.05) is 5.73 Å². The van der Waals surface area contributed by atoms with Gasteiger partial charge < -0.3 is 20.4 Å². The normalized spacial score (nSPS) is 20.1. The lowest BCUT2D eigenvalue weighted by molar-refractivity contribution is -0.147. The molecule has 3 aliphatic carbocycles. The van der Waals surface area contributed by atoms with E-state index in [1.54, 1.807) is 30.1 Å². The van der Waals surface area contributed by atoms with E-state index >= 15 is 0 Å². The maximum absolute atomic E-state index is 14.7. The summed E-state index contributed by atoms with van der Waals surface area (Å²) in [5.74, 6) is -2.10. The number of nitrogens with one attached hydrogen (secondary N) is 1. The fourth-order valence-corrected chi connectivity index (χ4v) is 5.84. The highest BCUT2D eigenvalue weighted by Gasteiger charge is 2.39. The monoisotopic (exact) mass is 521 g/mol. The highest BCUT2D eigenvalue weighted by Crippen LogP contribution is 2.45. The summed E-state index contributed by atoms with van der Waals surface area (Å²) < 4.78 is 44.2. The van der Waals surface area contributed by atoms with Crippen LogP contribution in [0.1, 0.15) is 37.7 Å². The number of halogens is 3. The molecule has 3 aromatic heterocycles. The van der Waals surface area contributed by atoms with Gasteiger partial charge >= 0.3 is 5.97 Å². The van der Waals surface area contributed by atoms with Gasteiger partial charge in [0.1, 0.15) is 17.7 Å². The minimum Gasteiger partial charge on any atom is -0.481 e. The fraction of sp³-hybridized carbons (Fsp3) is 0.321. The number of benzene rings is 1. The molecule has 0 saturated heterocycles. The number of nitrogen functional groups attached to an aromatic ring is 1. The van der Waals surface area contributed by atoms with E-state index in [0.717, 1.165) is 24.5 Å². The summed E-state index contributed by atoms with van der Waals surface area (Å²) in [5, 5.41) is 18.7. The molecule has 3 fully saturated rings. The second kappa shape index (κ2) is 9.89. The van der Waals surface area contributed by atoms with Crippen molar-refractivity contribution in [2.24, 2.45) is 24.8 Å². The van der Waals surface area contributed by atoms with E-state index in [1.165, 1.54) is 31.9 Å². The van der Waals surface area contributed by atoms with E-state index in [0.29, 0.717) is 11.5 Å². The quantitative estimate of drug-likeness (QED) is 0.305. The Morgan fingerprint density at radius 3 is 2.53 bits per heavy atom. The number of hydrogen-bond acceptors (Lipinski definition) is 4. The number of pyridine rings is 1. The number of nitrogens with two attached hydrogens (primary N) is 1. The Labute approximate surface area is 216 Å². The van der Waals surface area contributed by atoms with Crippen LogP contribution in [0.5, 0.6) is 0 Å². The topological polar surface area (TPSA) is 121 Å². The lowest BCUT2D eigenvalue weighted by atomic mass is 9.65. The molecule has 196 valence electrons. The SMILES string of the molecule is Cn1ccc(-c2c(F)c(N)nc(-c3c[nH]c4c(F)cc(F)cc34)c2C#N)c1.O=C(O)C1CC2CCC1CC2. The number of aromatic amines is 1. The number of hydrogen-bond donors (Lipinski definition) is 3. The zero-order valence-corrected chi connectivity index (χ0v) is 20.6. The summed E-state index contributed by atoms with van der Waals surface area (Å²) in [4.78, 5) is 17.4. The van der Waals surface area contributed by atoms with Gasteiger partial charge in [0.2, 0.25) is 0 Å². The summed E-state index contributed by atoms with van der Waals surface area (Å²) in [7, 11) is 1.75. The largest absolute Gasteiger partial charge is 0.481 e. The Bertz CT molecular complexity index is 1580. The van der Waals surface area contributed by atoms with Gasteiger partial charge in [0.15, 0.2) is 11.6 Å². The predicted molar refractivity (Wildman–Crippen MR) is 136 cm³/mol. The number of nitriles is 1. The lowest BCUT2D eigenvalue weighted by Crippen LogP contribution is -2.35. The van der Waals surface area contributed by atoms with Crippen LogP contribution >= 0.6 is 0 Å². The number of carboxylic acid groups (broad SMARTS) is 1. The highest BCUT2D eigenvalue weighted by molar-refractivity contribution is 5.98. The van der Waals surface area contributed by atoms with Crippen LogP contribution in [0.3, 0.4) is 0 Å². The third-order valence-electron chi connectivity index (χ3n) is 7.72. The van der Waals surface area contributed by atoms with Crippen LogP contribution in [0.15, 0.2) is 36.8 Å². The molecule has 0 amide bonds. The van der Waals surface area contributed by atoms with Crippen molar-refractivity contribution in [3.8, 4) is 28.5 Å². The smallest absolute Gasteiger partial charge is 0.306 e. The van der Waals surface area contributed by atoms with Crippen LogP contribution in [0.2, 0.25) is 0 Å². The van der Waals surface area contributed by atoms with Gasteiger partial charge in [-0.3, -0.25) is 4.79 Å². The second-order valence-electron chi connectivity index (χ2n) is 10.1. The molecule has 3 saturated carbocycles. The van der Waals surface area contributed by atoms with E-state index < -0.39 is 29.2 Å². The summed E-state index contributed by atoms with van der Waals surface area (Å²) in [6, 6.07) is 5.45. The molecule has 2 bridgehead atoms. The van der Waals surface area contributed by atoms with Crippen LogP contribution in [0, 0.1) is 46.5 Å². The number of aromatic nitrogens is 3. The average Bonchev–Trinajstić information content (AvgIpc) is 3.52. The molecular weight excluding hydrogens is 495 g/mol. The zero-order valence-electron chi connectivity index (χ0n) is 20.6. The first kappa shape index (κ1) is 25.4. The first-order chi connectivity index (χ1) is 18.2. The third kappa shape index (κ3) is 4.49. The molecule has 7 nitrogen and oxygen atoms in total. The fourth-order valence-electron chi connectivity index (χ4n) is 5.84. The van der Waals surface area contributed by atoms with Gasteiger partial charge in [-0.05, 0) is 43.2 Å². The number of anilines is 1. The molecule has 3 aliphatic rings. The summed E-state index contributed by atoms with van der Waals surface area (Å²) >= 11 is 0. The predicted octanol–water partition coefficient (Wildman–Crippen LogP) is 6.00. The Hall–Kier alpha value is -4.26. The van der Waals surface area contributed by atoms with Crippen molar-refractivity contribution in [3.05, 3.63) is 59.8 Å². The molecule has 0 aliphatic heterocycles. The van der Waals surface area contributed by atoms with Crippen LogP contribution in [0.25, 0.3) is 33.3 Å². The van der Waals surface area contributed by atoms with Gasteiger partial charge in [-0.2, -0.15) is 5.26 Å². The number of H-pyrrole nitrogens is 1. The Morgan fingerprint density at radius 2 is 1.97 bits per heavy atom. The van der Waals surface area contributed by atoms with Crippen molar-refractivity contribution in [1.82, 2.24) is 14.5 Å². The molecule has 4 N–H and O–H groups in total. The maximum Gasteiger partial charge on any atom is 0.306 e. The molecular formula is C28H26F3N5O2. The van der Waals surface area contributed by atoms with E-state index in [9.17, 15) is 23.2 Å². The third-order valence-corrected chi connectivity index (χ3v) is 7.72. The standard InChI is InChI=1S/C19H12F3N5.C9H14O2/c1-27-3-2-9(8-27)15-12(6-23)17(26-19(24)16(15)22)13-7-25-18-11(13)4-10(20)5-14(18)21;10-9(11)8-5-6-1-3-7(8)4-2-6/h2-5,7-8,25H,1H3,(H2,24,26);6-8H,1-5H2,(H,10,11). The Morgan fingerprint density at radius 1 is 1.24 bits per heavy atom. The number of rotatable bonds is 3. The molecule has 4 aromatic rings.